The molecule has 0 fully saturated rings. The van der Waals surface area contributed by atoms with Gasteiger partial charge < -0.3 is 5.32 Å². The Hall–Kier alpha value is -2.23. The molecular weight excluding hydrogens is 352 g/mol. The lowest BCUT2D eigenvalue weighted by atomic mass is 10.2. The zero-order chi connectivity index (χ0) is 18.0. The van der Waals surface area contributed by atoms with Crippen molar-refractivity contribution < 1.29 is 21.6 Å². The molecular formula is C15H16N2O5S2. The Balaban J connectivity index is 2.15. The van der Waals surface area contributed by atoms with Gasteiger partial charge in [-0.2, -0.15) is 0 Å². The maximum atomic E-state index is 12.1. The Morgan fingerprint density at radius 2 is 1.33 bits per heavy atom. The molecule has 0 heterocycles. The topological polar surface area (TPSA) is 109 Å². The van der Waals surface area contributed by atoms with Crippen LogP contribution >= 0.6 is 0 Å². The van der Waals surface area contributed by atoms with Gasteiger partial charge in [0.1, 0.15) is 0 Å². The molecule has 0 atom stereocenters. The maximum Gasteiger partial charge on any atom is 0.255 e. The van der Waals surface area contributed by atoms with E-state index < -0.39 is 25.8 Å². The molecule has 0 saturated carbocycles. The Kier molecular flexibility index (Phi) is 5.07. The number of carbonyl (C=O) groups is 1. The Morgan fingerprint density at radius 1 is 0.833 bits per heavy atom. The molecule has 0 spiro atoms. The summed E-state index contributed by atoms with van der Waals surface area (Å²) in [5.74, 6) is -0.431. The fourth-order valence-corrected chi connectivity index (χ4v) is 3.25. The Labute approximate surface area is 140 Å². The highest BCUT2D eigenvalue weighted by molar-refractivity contribution is 7.90. The van der Waals surface area contributed by atoms with E-state index in [0.717, 1.165) is 6.26 Å². The summed E-state index contributed by atoms with van der Waals surface area (Å²) < 4.78 is 48.2. The van der Waals surface area contributed by atoms with Gasteiger partial charge >= 0.3 is 0 Å². The highest BCUT2D eigenvalue weighted by Crippen LogP contribution is 2.16. The van der Waals surface area contributed by atoms with Gasteiger partial charge in [-0.3, -0.25) is 4.79 Å². The van der Waals surface area contributed by atoms with Gasteiger partial charge in [-0.1, -0.05) is 0 Å². The molecule has 2 rings (SSSR count). The fourth-order valence-electron chi connectivity index (χ4n) is 1.89. The summed E-state index contributed by atoms with van der Waals surface area (Å²) in [4.78, 5) is 12.3. The van der Waals surface area contributed by atoms with Crippen molar-refractivity contribution in [3.05, 3.63) is 54.1 Å². The van der Waals surface area contributed by atoms with Crippen molar-refractivity contribution in [3.8, 4) is 0 Å². The van der Waals surface area contributed by atoms with Crippen molar-refractivity contribution in [2.24, 2.45) is 0 Å². The van der Waals surface area contributed by atoms with Gasteiger partial charge in [-0.25, -0.2) is 21.6 Å². The van der Waals surface area contributed by atoms with Crippen molar-refractivity contribution in [2.45, 2.75) is 9.79 Å². The molecule has 0 radical (unpaired) electrons. The van der Waals surface area contributed by atoms with Crippen LogP contribution in [-0.4, -0.2) is 36.0 Å². The fraction of sp³-hybridized carbons (Fsp3) is 0.133. The molecule has 9 heteroatoms. The van der Waals surface area contributed by atoms with E-state index in [1.54, 1.807) is 0 Å². The number of nitrogens with one attached hydrogen (secondary N) is 2. The summed E-state index contributed by atoms with van der Waals surface area (Å²) >= 11 is 0. The molecule has 0 aliphatic rings. The molecule has 0 bridgehead atoms. The quantitative estimate of drug-likeness (QED) is 0.825. The third kappa shape index (κ3) is 4.19. The lowest BCUT2D eigenvalue weighted by molar-refractivity contribution is 0.102. The summed E-state index contributed by atoms with van der Waals surface area (Å²) in [6.45, 7) is 0. The van der Waals surface area contributed by atoms with E-state index in [-0.39, 0.29) is 15.4 Å². The first-order valence-corrected chi connectivity index (χ1v) is 10.2. The van der Waals surface area contributed by atoms with Crippen LogP contribution in [0.1, 0.15) is 10.4 Å². The van der Waals surface area contributed by atoms with Gasteiger partial charge in [0, 0.05) is 17.5 Å². The molecule has 2 aromatic carbocycles. The minimum atomic E-state index is -3.53. The molecule has 24 heavy (non-hydrogen) atoms. The van der Waals surface area contributed by atoms with Crippen molar-refractivity contribution in [3.63, 3.8) is 0 Å². The van der Waals surface area contributed by atoms with Gasteiger partial charge in [-0.15, -0.1) is 0 Å². The van der Waals surface area contributed by atoms with Gasteiger partial charge in [0.05, 0.1) is 9.79 Å². The van der Waals surface area contributed by atoms with Crippen LogP contribution in [-0.2, 0) is 19.9 Å². The second-order valence-electron chi connectivity index (χ2n) is 4.98. The SMILES string of the molecule is CNS(=O)(=O)c1ccc(NC(=O)c2ccc(S(C)(=O)=O)cc2)cc1. The predicted octanol–water partition coefficient (Wildman–Crippen LogP) is 1.25. The molecule has 0 saturated heterocycles. The Morgan fingerprint density at radius 3 is 1.79 bits per heavy atom. The van der Waals surface area contributed by atoms with Crippen LogP contribution in [0.15, 0.2) is 58.3 Å². The van der Waals surface area contributed by atoms with E-state index in [0.29, 0.717) is 5.69 Å². The largest absolute Gasteiger partial charge is 0.322 e. The molecule has 0 unspecified atom stereocenters. The zero-order valence-corrected chi connectivity index (χ0v) is 14.6. The smallest absolute Gasteiger partial charge is 0.255 e. The summed E-state index contributed by atoms with van der Waals surface area (Å²) in [5.41, 5.74) is 0.705. The minimum absolute atomic E-state index is 0.0838. The average Bonchev–Trinajstić information content (AvgIpc) is 2.54. The van der Waals surface area contributed by atoms with E-state index >= 15 is 0 Å². The second-order valence-corrected chi connectivity index (χ2v) is 8.88. The van der Waals surface area contributed by atoms with E-state index in [2.05, 4.69) is 10.0 Å². The number of rotatable bonds is 5. The highest BCUT2D eigenvalue weighted by atomic mass is 32.2. The molecule has 1 amide bonds. The first-order chi connectivity index (χ1) is 11.1. The lowest BCUT2D eigenvalue weighted by Crippen LogP contribution is -2.18. The van der Waals surface area contributed by atoms with Gasteiger partial charge in [0.15, 0.2) is 9.84 Å². The first kappa shape index (κ1) is 18.1. The van der Waals surface area contributed by atoms with Crippen LogP contribution < -0.4 is 10.0 Å². The summed E-state index contributed by atoms with van der Waals surface area (Å²) in [6.07, 6.45) is 1.09. The number of hydrogen-bond donors (Lipinski definition) is 2. The minimum Gasteiger partial charge on any atom is -0.322 e. The molecule has 128 valence electrons. The number of sulfone groups is 1. The van der Waals surface area contributed by atoms with E-state index in [4.69, 9.17) is 0 Å². The van der Waals surface area contributed by atoms with E-state index in [1.807, 2.05) is 0 Å². The molecule has 0 aliphatic heterocycles. The number of amides is 1. The monoisotopic (exact) mass is 368 g/mol. The van der Waals surface area contributed by atoms with Crippen LogP contribution in [0.2, 0.25) is 0 Å². The second kappa shape index (κ2) is 6.71. The highest BCUT2D eigenvalue weighted by Gasteiger charge is 2.12. The Bertz CT molecular complexity index is 948. The average molecular weight is 368 g/mol. The van der Waals surface area contributed by atoms with Crippen LogP contribution in [0, 0.1) is 0 Å². The normalized spacial score (nSPS) is 11.9. The lowest BCUT2D eigenvalue weighted by Gasteiger charge is -2.07. The van der Waals surface area contributed by atoms with Crippen molar-refractivity contribution in [1.82, 2.24) is 4.72 Å². The van der Waals surface area contributed by atoms with E-state index in [9.17, 15) is 21.6 Å². The third-order valence-corrected chi connectivity index (χ3v) is 5.79. The summed E-state index contributed by atoms with van der Waals surface area (Å²) in [6, 6.07) is 11.2. The number of hydrogen-bond acceptors (Lipinski definition) is 5. The van der Waals surface area contributed by atoms with Crippen LogP contribution in [0.25, 0.3) is 0 Å². The predicted molar refractivity (Wildman–Crippen MR) is 90.2 cm³/mol. The van der Waals surface area contributed by atoms with Gasteiger partial charge in [-0.05, 0) is 55.6 Å². The molecule has 0 aliphatic carbocycles. The van der Waals surface area contributed by atoms with Crippen LogP contribution in [0.4, 0.5) is 5.69 Å². The van der Waals surface area contributed by atoms with Crippen molar-refractivity contribution >= 4 is 31.5 Å². The number of sulfonamides is 1. The number of carbonyl (C=O) groups excluding carboxylic acids is 1. The van der Waals surface area contributed by atoms with Crippen LogP contribution in [0.3, 0.4) is 0 Å². The molecule has 2 aromatic rings. The van der Waals surface area contributed by atoms with Gasteiger partial charge in [0.25, 0.3) is 5.91 Å². The van der Waals surface area contributed by atoms with Crippen molar-refractivity contribution in [2.75, 3.05) is 18.6 Å². The maximum absolute atomic E-state index is 12.1. The van der Waals surface area contributed by atoms with Crippen LogP contribution in [0.5, 0.6) is 0 Å². The zero-order valence-electron chi connectivity index (χ0n) is 13.0. The molecule has 0 aromatic heterocycles. The number of benzene rings is 2. The van der Waals surface area contributed by atoms with Gasteiger partial charge in [0.2, 0.25) is 10.0 Å². The number of anilines is 1. The summed E-state index contributed by atoms with van der Waals surface area (Å²) in [5, 5.41) is 2.61. The van der Waals surface area contributed by atoms with E-state index in [1.165, 1.54) is 55.6 Å². The molecule has 2 N–H and O–H groups in total. The van der Waals surface area contributed by atoms with Crippen molar-refractivity contribution in [1.29, 1.82) is 0 Å². The summed E-state index contributed by atoms with van der Waals surface area (Å²) in [7, 11) is -5.54. The molecule has 7 nitrogen and oxygen atoms in total. The third-order valence-electron chi connectivity index (χ3n) is 3.24. The first-order valence-electron chi connectivity index (χ1n) is 6.78. The standard InChI is InChI=1S/C15H16N2O5S2/c1-16-24(21,22)14-9-5-12(6-10-14)17-15(18)11-3-7-13(8-4-11)23(2,19)20/h3-10,16H,1-2H3,(H,17,18).